The number of alkyl halides is 1. The van der Waals surface area contributed by atoms with Gasteiger partial charge in [0.25, 0.3) is 0 Å². The van der Waals surface area contributed by atoms with E-state index in [-0.39, 0.29) is 0 Å². The molecule has 0 radical (unpaired) electrons. The molecule has 1 unspecified atom stereocenters. The predicted octanol–water partition coefficient (Wildman–Crippen LogP) is 3.71. The molecule has 1 atom stereocenters. The summed E-state index contributed by atoms with van der Waals surface area (Å²) in [4.78, 5) is 6.68. The minimum absolute atomic E-state index is 0.349. The second-order valence-corrected chi connectivity index (χ2v) is 5.09. The molecule has 1 heterocycles. The van der Waals surface area contributed by atoms with Gasteiger partial charge in [0, 0.05) is 12.7 Å². The summed E-state index contributed by atoms with van der Waals surface area (Å²) < 4.78 is 2.16. The second-order valence-electron chi connectivity index (χ2n) is 4.82. The van der Waals surface area contributed by atoms with Gasteiger partial charge in [0.15, 0.2) is 0 Å². The van der Waals surface area contributed by atoms with Gasteiger partial charge in [-0.25, -0.2) is 4.98 Å². The molecular weight excluding hydrogens is 270 g/mol. The number of hydrogen-bond acceptors (Lipinski definition) is 2. The molecule has 20 heavy (non-hydrogen) atoms. The number of likely N-dealkylation sites (N-methyl/N-ethyl adjacent to an activating group) is 1. The van der Waals surface area contributed by atoms with E-state index in [1.54, 1.807) is 0 Å². The quantitative estimate of drug-likeness (QED) is 0.725. The molecule has 0 aliphatic rings. The molecule has 0 N–H and O–H groups in total. The Labute approximate surface area is 126 Å². The van der Waals surface area contributed by atoms with Crippen LogP contribution in [0.4, 0.5) is 0 Å². The summed E-state index contributed by atoms with van der Waals surface area (Å²) >= 11 is 5.98. The zero-order valence-electron chi connectivity index (χ0n) is 12.2. The van der Waals surface area contributed by atoms with E-state index in [0.717, 1.165) is 25.3 Å². The normalized spacial score (nSPS) is 12.8. The van der Waals surface area contributed by atoms with Crippen LogP contribution in [0.1, 0.15) is 31.1 Å². The Morgan fingerprint density at radius 2 is 1.90 bits per heavy atom. The van der Waals surface area contributed by atoms with Crippen molar-refractivity contribution in [1.29, 1.82) is 0 Å². The summed E-state index contributed by atoms with van der Waals surface area (Å²) in [6.07, 6.45) is 3.72. The van der Waals surface area contributed by atoms with Crippen LogP contribution in [-0.2, 0) is 12.4 Å². The third-order valence-electron chi connectivity index (χ3n) is 3.74. The van der Waals surface area contributed by atoms with Crippen LogP contribution in [0.5, 0.6) is 0 Å². The lowest BCUT2D eigenvalue weighted by Gasteiger charge is -2.30. The first-order valence-corrected chi connectivity index (χ1v) is 7.67. The molecule has 108 valence electrons. The molecule has 1 aromatic carbocycles. The number of nitrogens with zero attached hydrogens (tertiary/aromatic N) is 3. The van der Waals surface area contributed by atoms with Crippen LogP contribution < -0.4 is 0 Å². The highest BCUT2D eigenvalue weighted by Crippen LogP contribution is 2.23. The van der Waals surface area contributed by atoms with E-state index in [2.05, 4.69) is 58.6 Å². The lowest BCUT2D eigenvalue weighted by molar-refractivity contribution is 0.197. The first-order chi connectivity index (χ1) is 9.80. The maximum Gasteiger partial charge on any atom is 0.0949 e. The monoisotopic (exact) mass is 291 g/mol. The third kappa shape index (κ3) is 3.41. The van der Waals surface area contributed by atoms with Gasteiger partial charge >= 0.3 is 0 Å². The fourth-order valence-corrected chi connectivity index (χ4v) is 2.80. The van der Waals surface area contributed by atoms with E-state index in [9.17, 15) is 0 Å². The van der Waals surface area contributed by atoms with Crippen molar-refractivity contribution in [3.05, 3.63) is 54.1 Å². The summed E-state index contributed by atoms with van der Waals surface area (Å²) in [6.45, 7) is 7.35. The number of imidazole rings is 1. The van der Waals surface area contributed by atoms with E-state index in [1.165, 1.54) is 5.56 Å². The van der Waals surface area contributed by atoms with Crippen LogP contribution in [0.15, 0.2) is 42.9 Å². The van der Waals surface area contributed by atoms with Gasteiger partial charge in [-0.2, -0.15) is 0 Å². The molecule has 0 aliphatic heterocycles. The number of rotatable bonds is 7. The standard InChI is InChI=1S/C16H22ClN3/c1-3-19(4-2)16(14-8-6-5-7-9-14)12-20-13-18-11-15(20)10-17/h5-9,11,13,16H,3-4,10,12H2,1-2H3. The Balaban J connectivity index is 2.27. The van der Waals surface area contributed by atoms with Gasteiger partial charge in [0.05, 0.1) is 23.9 Å². The Kier molecular flexibility index (Phi) is 5.62. The topological polar surface area (TPSA) is 21.1 Å². The number of halogens is 1. The molecule has 1 aromatic heterocycles. The summed E-state index contributed by atoms with van der Waals surface area (Å²) in [5.74, 6) is 0.500. The number of aromatic nitrogens is 2. The molecule has 0 spiro atoms. The second kappa shape index (κ2) is 7.46. The van der Waals surface area contributed by atoms with Crippen LogP contribution in [-0.4, -0.2) is 27.5 Å². The zero-order valence-corrected chi connectivity index (χ0v) is 12.9. The molecule has 0 fully saturated rings. The maximum absolute atomic E-state index is 5.98. The van der Waals surface area contributed by atoms with Gasteiger partial charge < -0.3 is 4.57 Å². The SMILES string of the molecule is CCN(CC)C(Cn1cncc1CCl)c1ccccc1. The van der Waals surface area contributed by atoms with Crippen molar-refractivity contribution in [2.24, 2.45) is 0 Å². The van der Waals surface area contributed by atoms with Gasteiger partial charge in [-0.1, -0.05) is 44.2 Å². The van der Waals surface area contributed by atoms with Crippen molar-refractivity contribution >= 4 is 11.6 Å². The van der Waals surface area contributed by atoms with Crippen molar-refractivity contribution in [2.45, 2.75) is 32.3 Å². The van der Waals surface area contributed by atoms with Gasteiger partial charge in [0.1, 0.15) is 0 Å². The molecule has 3 nitrogen and oxygen atoms in total. The fourth-order valence-electron chi connectivity index (χ4n) is 2.58. The molecule has 4 heteroatoms. The molecule has 0 bridgehead atoms. The fraction of sp³-hybridized carbons (Fsp3) is 0.438. The molecular formula is C16H22ClN3. The first kappa shape index (κ1) is 15.1. The highest BCUT2D eigenvalue weighted by molar-refractivity contribution is 6.16. The summed E-state index contributed by atoms with van der Waals surface area (Å²) in [7, 11) is 0. The van der Waals surface area contributed by atoms with Crippen molar-refractivity contribution < 1.29 is 0 Å². The first-order valence-electron chi connectivity index (χ1n) is 7.14. The summed E-state index contributed by atoms with van der Waals surface area (Å²) in [5, 5.41) is 0. The molecule has 2 aromatic rings. The highest BCUT2D eigenvalue weighted by atomic mass is 35.5. The Bertz CT molecular complexity index is 505. The molecule has 0 aliphatic carbocycles. The average Bonchev–Trinajstić information content (AvgIpc) is 2.95. The van der Waals surface area contributed by atoms with Crippen molar-refractivity contribution in [3.8, 4) is 0 Å². The van der Waals surface area contributed by atoms with E-state index >= 15 is 0 Å². The molecule has 0 saturated heterocycles. The van der Waals surface area contributed by atoms with Crippen LogP contribution in [0.25, 0.3) is 0 Å². The van der Waals surface area contributed by atoms with E-state index in [1.807, 2.05) is 12.5 Å². The third-order valence-corrected chi connectivity index (χ3v) is 4.02. The van der Waals surface area contributed by atoms with Crippen molar-refractivity contribution in [2.75, 3.05) is 13.1 Å². The number of benzene rings is 1. The Hall–Kier alpha value is -1.32. The lowest BCUT2D eigenvalue weighted by Crippen LogP contribution is -2.31. The lowest BCUT2D eigenvalue weighted by atomic mass is 10.0. The Morgan fingerprint density at radius 3 is 2.50 bits per heavy atom. The molecule has 2 rings (SSSR count). The molecule has 0 saturated carbocycles. The van der Waals surface area contributed by atoms with Crippen LogP contribution in [0.2, 0.25) is 0 Å². The zero-order chi connectivity index (χ0) is 14.4. The summed E-state index contributed by atoms with van der Waals surface area (Å²) in [5.41, 5.74) is 2.41. The predicted molar refractivity (Wildman–Crippen MR) is 83.9 cm³/mol. The summed E-state index contributed by atoms with van der Waals surface area (Å²) in [6, 6.07) is 11.0. The van der Waals surface area contributed by atoms with E-state index in [4.69, 9.17) is 11.6 Å². The van der Waals surface area contributed by atoms with E-state index < -0.39 is 0 Å². The van der Waals surface area contributed by atoms with Crippen LogP contribution >= 0.6 is 11.6 Å². The van der Waals surface area contributed by atoms with Crippen LogP contribution in [0, 0.1) is 0 Å². The van der Waals surface area contributed by atoms with Crippen molar-refractivity contribution in [3.63, 3.8) is 0 Å². The van der Waals surface area contributed by atoms with Crippen molar-refractivity contribution in [1.82, 2.24) is 14.5 Å². The van der Waals surface area contributed by atoms with Gasteiger partial charge in [-0.15, -0.1) is 11.6 Å². The van der Waals surface area contributed by atoms with Gasteiger partial charge in [-0.3, -0.25) is 4.90 Å². The van der Waals surface area contributed by atoms with Crippen LogP contribution in [0.3, 0.4) is 0 Å². The average molecular weight is 292 g/mol. The largest absolute Gasteiger partial charge is 0.332 e. The van der Waals surface area contributed by atoms with Gasteiger partial charge in [-0.05, 0) is 18.7 Å². The maximum atomic E-state index is 5.98. The smallest absolute Gasteiger partial charge is 0.0949 e. The highest BCUT2D eigenvalue weighted by Gasteiger charge is 2.19. The minimum atomic E-state index is 0.349. The minimum Gasteiger partial charge on any atom is -0.332 e. The molecule has 0 amide bonds. The van der Waals surface area contributed by atoms with E-state index in [0.29, 0.717) is 11.9 Å². The van der Waals surface area contributed by atoms with Gasteiger partial charge in [0.2, 0.25) is 0 Å². The Morgan fingerprint density at radius 1 is 1.20 bits per heavy atom. The number of hydrogen-bond donors (Lipinski definition) is 0.